The van der Waals surface area contributed by atoms with Crippen molar-refractivity contribution in [2.75, 3.05) is 0 Å². The van der Waals surface area contributed by atoms with E-state index in [0.29, 0.717) is 5.78 Å². The van der Waals surface area contributed by atoms with Gasteiger partial charge >= 0.3 is 0 Å². The zero-order valence-electron chi connectivity index (χ0n) is 9.55. The van der Waals surface area contributed by atoms with Crippen LogP contribution in [0.1, 0.15) is 48.3 Å². The van der Waals surface area contributed by atoms with E-state index in [9.17, 15) is 4.79 Å². The molecule has 1 aliphatic carbocycles. The molecule has 0 aromatic heterocycles. The molecule has 0 radical (unpaired) electrons. The second-order valence-corrected chi connectivity index (χ2v) is 4.62. The number of carbonyl (C=O) groups is 1. The highest BCUT2D eigenvalue weighted by Crippen LogP contribution is 2.31. The maximum absolute atomic E-state index is 11.8. The molecule has 1 atom stereocenters. The zero-order chi connectivity index (χ0) is 10.8. The first-order valence-corrected chi connectivity index (χ1v) is 5.78. The molecule has 1 fully saturated rings. The predicted octanol–water partition coefficient (Wildman–Crippen LogP) is 3.53. The Kier molecular flexibility index (Phi) is 2.90. The lowest BCUT2D eigenvalue weighted by molar-refractivity contribution is -0.121. The lowest BCUT2D eigenvalue weighted by atomic mass is 9.81. The van der Waals surface area contributed by atoms with Gasteiger partial charge in [0.05, 0.1) is 0 Å². The van der Waals surface area contributed by atoms with E-state index in [4.69, 9.17) is 0 Å². The van der Waals surface area contributed by atoms with Crippen LogP contribution in [0.3, 0.4) is 0 Å². The number of Topliss-reactive ketones (excluding diaryl/α,β-unsaturated/α-hetero) is 1. The fourth-order valence-electron chi connectivity index (χ4n) is 2.53. The summed E-state index contributed by atoms with van der Waals surface area (Å²) in [5.41, 5.74) is 3.81. The topological polar surface area (TPSA) is 17.1 Å². The standard InChI is InChI=1S/C14H18O/c1-10-7-8-12(11(2)9-10)13-5-3-4-6-14(13)15/h7-9,13H,3-6H2,1-2H3. The van der Waals surface area contributed by atoms with Gasteiger partial charge in [0.15, 0.2) is 0 Å². The highest BCUT2D eigenvalue weighted by molar-refractivity contribution is 5.86. The van der Waals surface area contributed by atoms with Crippen LogP contribution < -0.4 is 0 Å². The minimum absolute atomic E-state index is 0.180. The van der Waals surface area contributed by atoms with Gasteiger partial charge in [-0.1, -0.05) is 30.2 Å². The van der Waals surface area contributed by atoms with Crippen molar-refractivity contribution in [2.45, 2.75) is 45.4 Å². The molecule has 80 valence electrons. The van der Waals surface area contributed by atoms with Gasteiger partial charge in [0.1, 0.15) is 5.78 Å². The Bertz CT molecular complexity index is 379. The third-order valence-electron chi connectivity index (χ3n) is 3.36. The third kappa shape index (κ3) is 2.11. The first kappa shape index (κ1) is 10.4. The van der Waals surface area contributed by atoms with E-state index in [-0.39, 0.29) is 5.92 Å². The molecule has 15 heavy (non-hydrogen) atoms. The van der Waals surface area contributed by atoms with Crippen LogP contribution in [0.5, 0.6) is 0 Å². The molecular formula is C14H18O. The van der Waals surface area contributed by atoms with Crippen LogP contribution in [-0.4, -0.2) is 5.78 Å². The molecule has 0 amide bonds. The van der Waals surface area contributed by atoms with E-state index >= 15 is 0 Å². The molecule has 1 aliphatic rings. The van der Waals surface area contributed by atoms with Crippen molar-refractivity contribution in [1.82, 2.24) is 0 Å². The molecule has 0 saturated heterocycles. The summed E-state index contributed by atoms with van der Waals surface area (Å²) in [6, 6.07) is 6.43. The number of carbonyl (C=O) groups excluding carboxylic acids is 1. The Balaban J connectivity index is 2.31. The van der Waals surface area contributed by atoms with Gasteiger partial charge in [0.2, 0.25) is 0 Å². The fourth-order valence-corrected chi connectivity index (χ4v) is 2.53. The largest absolute Gasteiger partial charge is 0.299 e. The fraction of sp³-hybridized carbons (Fsp3) is 0.500. The van der Waals surface area contributed by atoms with Crippen LogP contribution in [0.25, 0.3) is 0 Å². The Morgan fingerprint density at radius 1 is 1.20 bits per heavy atom. The summed E-state index contributed by atoms with van der Waals surface area (Å²) >= 11 is 0. The van der Waals surface area contributed by atoms with Crippen LogP contribution in [0, 0.1) is 13.8 Å². The summed E-state index contributed by atoms with van der Waals surface area (Å²) in [5.74, 6) is 0.618. The predicted molar refractivity (Wildman–Crippen MR) is 62.1 cm³/mol. The monoisotopic (exact) mass is 202 g/mol. The summed E-state index contributed by atoms with van der Waals surface area (Å²) < 4.78 is 0. The van der Waals surface area contributed by atoms with E-state index in [1.165, 1.54) is 23.1 Å². The van der Waals surface area contributed by atoms with Crippen molar-refractivity contribution in [3.8, 4) is 0 Å². The smallest absolute Gasteiger partial charge is 0.140 e. The highest BCUT2D eigenvalue weighted by atomic mass is 16.1. The van der Waals surface area contributed by atoms with Gasteiger partial charge < -0.3 is 0 Å². The molecule has 0 heterocycles. The molecule has 0 N–H and O–H groups in total. The normalized spacial score (nSPS) is 21.7. The highest BCUT2D eigenvalue weighted by Gasteiger charge is 2.24. The molecule has 1 heteroatoms. The molecule has 1 saturated carbocycles. The van der Waals surface area contributed by atoms with E-state index in [1.54, 1.807) is 0 Å². The third-order valence-corrected chi connectivity index (χ3v) is 3.36. The molecule has 1 nitrogen and oxygen atoms in total. The SMILES string of the molecule is Cc1ccc(C2CCCCC2=O)c(C)c1. The van der Waals surface area contributed by atoms with Gasteiger partial charge in [-0.15, -0.1) is 0 Å². The van der Waals surface area contributed by atoms with Crippen LogP contribution in [0.15, 0.2) is 18.2 Å². The van der Waals surface area contributed by atoms with E-state index in [2.05, 4.69) is 32.0 Å². The molecule has 2 rings (SSSR count). The van der Waals surface area contributed by atoms with Crippen molar-refractivity contribution in [3.63, 3.8) is 0 Å². The Morgan fingerprint density at radius 2 is 2.00 bits per heavy atom. The van der Waals surface area contributed by atoms with Crippen molar-refractivity contribution >= 4 is 5.78 Å². The lowest BCUT2D eigenvalue weighted by Gasteiger charge is -2.22. The first-order valence-electron chi connectivity index (χ1n) is 5.78. The van der Waals surface area contributed by atoms with Gasteiger partial charge in [-0.25, -0.2) is 0 Å². The molecule has 1 aromatic rings. The van der Waals surface area contributed by atoms with Crippen molar-refractivity contribution in [2.24, 2.45) is 0 Å². The molecule has 0 bridgehead atoms. The van der Waals surface area contributed by atoms with Gasteiger partial charge in [0, 0.05) is 12.3 Å². The van der Waals surface area contributed by atoms with E-state index < -0.39 is 0 Å². The molecule has 1 unspecified atom stereocenters. The Labute approximate surface area is 91.5 Å². The van der Waals surface area contributed by atoms with Crippen LogP contribution in [0.4, 0.5) is 0 Å². The van der Waals surface area contributed by atoms with Crippen molar-refractivity contribution in [1.29, 1.82) is 0 Å². The second kappa shape index (κ2) is 4.18. The summed E-state index contributed by atoms with van der Waals surface area (Å²) in [7, 11) is 0. The number of hydrogen-bond donors (Lipinski definition) is 0. The van der Waals surface area contributed by atoms with E-state index in [0.717, 1.165) is 19.3 Å². The maximum atomic E-state index is 11.8. The number of benzene rings is 1. The first-order chi connectivity index (χ1) is 7.18. The summed E-state index contributed by atoms with van der Waals surface area (Å²) in [6.07, 6.45) is 4.10. The number of aryl methyl sites for hydroxylation is 2. The van der Waals surface area contributed by atoms with Gasteiger partial charge in [-0.2, -0.15) is 0 Å². The van der Waals surface area contributed by atoms with Gasteiger partial charge in [-0.05, 0) is 37.8 Å². The quantitative estimate of drug-likeness (QED) is 0.681. The number of hydrogen-bond acceptors (Lipinski definition) is 1. The molecule has 0 spiro atoms. The number of ketones is 1. The van der Waals surface area contributed by atoms with E-state index in [1.807, 2.05) is 0 Å². The minimum atomic E-state index is 0.180. The summed E-state index contributed by atoms with van der Waals surface area (Å²) in [4.78, 5) is 11.8. The van der Waals surface area contributed by atoms with Crippen LogP contribution >= 0.6 is 0 Å². The average Bonchev–Trinajstić information content (AvgIpc) is 2.20. The van der Waals surface area contributed by atoms with Gasteiger partial charge in [0.25, 0.3) is 0 Å². The average molecular weight is 202 g/mol. The lowest BCUT2D eigenvalue weighted by Crippen LogP contribution is -2.17. The Hall–Kier alpha value is -1.11. The molecule has 1 aromatic carbocycles. The van der Waals surface area contributed by atoms with Crippen LogP contribution in [0.2, 0.25) is 0 Å². The van der Waals surface area contributed by atoms with Crippen molar-refractivity contribution < 1.29 is 4.79 Å². The zero-order valence-corrected chi connectivity index (χ0v) is 9.55. The van der Waals surface area contributed by atoms with Crippen LogP contribution in [-0.2, 0) is 4.79 Å². The van der Waals surface area contributed by atoms with Crippen molar-refractivity contribution in [3.05, 3.63) is 34.9 Å². The summed E-state index contributed by atoms with van der Waals surface area (Å²) in [5, 5.41) is 0. The summed E-state index contributed by atoms with van der Waals surface area (Å²) in [6.45, 7) is 4.21. The van der Waals surface area contributed by atoms with Gasteiger partial charge in [-0.3, -0.25) is 4.79 Å². The number of rotatable bonds is 1. The molecule has 0 aliphatic heterocycles. The maximum Gasteiger partial charge on any atom is 0.140 e. The molecular weight excluding hydrogens is 184 g/mol. The second-order valence-electron chi connectivity index (χ2n) is 4.62. The minimum Gasteiger partial charge on any atom is -0.299 e. The Morgan fingerprint density at radius 3 is 2.67 bits per heavy atom.